The molecule has 5 aliphatic heterocycles. The van der Waals surface area contributed by atoms with Crippen LogP contribution in [0.15, 0.2) is 54.6 Å². The smallest absolute Gasteiger partial charge is 0.253 e. The summed E-state index contributed by atoms with van der Waals surface area (Å²) in [5, 5.41) is 16.8. The van der Waals surface area contributed by atoms with Crippen LogP contribution in [-0.4, -0.2) is 44.8 Å². The average Bonchev–Trinajstić information content (AvgIpc) is 3.36. The number of allylic oxidation sites excluding steroid dienone is 1. The van der Waals surface area contributed by atoms with E-state index in [-0.39, 0.29) is 17.7 Å². The lowest BCUT2D eigenvalue weighted by Crippen LogP contribution is -2.83. The van der Waals surface area contributed by atoms with E-state index >= 15 is 0 Å². The van der Waals surface area contributed by atoms with Crippen molar-refractivity contribution in [3.8, 4) is 11.1 Å². The summed E-state index contributed by atoms with van der Waals surface area (Å²) in [6, 6.07) is 15.9. The maximum Gasteiger partial charge on any atom is 0.253 e. The molecule has 0 saturated carbocycles. The minimum atomic E-state index is -1.10. The van der Waals surface area contributed by atoms with Crippen molar-refractivity contribution in [2.45, 2.75) is 44.2 Å². The second-order valence-corrected chi connectivity index (χ2v) is 10.7. The van der Waals surface area contributed by atoms with Gasteiger partial charge >= 0.3 is 0 Å². The number of hydrogen-bond acceptors (Lipinski definition) is 3. The zero-order chi connectivity index (χ0) is 22.8. The molecule has 1 aliphatic carbocycles. The molecule has 0 aromatic heterocycles. The van der Waals surface area contributed by atoms with E-state index in [0.717, 1.165) is 33.4 Å². The summed E-state index contributed by atoms with van der Waals surface area (Å²) in [7, 11) is 0. The number of carbonyl (C=O) groups excluding carboxylic acids is 2. The van der Waals surface area contributed by atoms with Gasteiger partial charge in [-0.2, -0.15) is 4.74 Å². The monoisotopic (exact) mass is 439 g/mol. The minimum absolute atomic E-state index is 0.0133. The Morgan fingerprint density at radius 2 is 1.88 bits per heavy atom. The lowest BCUT2D eigenvalue weighted by molar-refractivity contribution is -0.362. The van der Waals surface area contributed by atoms with E-state index in [4.69, 9.17) is 0 Å². The SMILES string of the molecule is CC1(C)C2=[N+]([O-])c3ccc(-c4ccccc4)cc3C2=C[C@@]23NC(=O)C4(CCCN4C2=O)CC13. The molecule has 2 unspecified atom stereocenters. The van der Waals surface area contributed by atoms with Crippen molar-refractivity contribution in [2.24, 2.45) is 11.3 Å². The quantitative estimate of drug-likeness (QED) is 0.545. The number of piperidine rings is 2. The van der Waals surface area contributed by atoms with Crippen LogP contribution in [0, 0.1) is 16.5 Å². The highest BCUT2D eigenvalue weighted by Crippen LogP contribution is 2.60. The van der Waals surface area contributed by atoms with Crippen molar-refractivity contribution in [1.82, 2.24) is 10.2 Å². The molecule has 2 amide bonds. The molecule has 2 aromatic carbocycles. The predicted molar refractivity (Wildman–Crippen MR) is 125 cm³/mol. The van der Waals surface area contributed by atoms with Crippen LogP contribution in [0.5, 0.6) is 0 Å². The molecule has 0 radical (unpaired) electrons. The molecule has 5 heterocycles. The molecule has 166 valence electrons. The first-order valence-corrected chi connectivity index (χ1v) is 11.7. The van der Waals surface area contributed by atoms with Gasteiger partial charge in [0.15, 0.2) is 0 Å². The van der Waals surface area contributed by atoms with Crippen LogP contribution in [-0.2, 0) is 9.59 Å². The van der Waals surface area contributed by atoms with Gasteiger partial charge in [0.1, 0.15) is 11.1 Å². The summed E-state index contributed by atoms with van der Waals surface area (Å²) >= 11 is 0. The van der Waals surface area contributed by atoms with E-state index < -0.39 is 16.5 Å². The maximum atomic E-state index is 13.9. The highest BCUT2D eigenvalue weighted by Gasteiger charge is 2.73. The summed E-state index contributed by atoms with van der Waals surface area (Å²) in [6.45, 7) is 4.75. The van der Waals surface area contributed by atoms with E-state index in [9.17, 15) is 14.8 Å². The highest BCUT2D eigenvalue weighted by molar-refractivity contribution is 6.30. The van der Waals surface area contributed by atoms with Crippen molar-refractivity contribution >= 4 is 28.8 Å². The lowest BCUT2D eigenvalue weighted by atomic mass is 9.51. The molecular formula is C27H25N3O3. The Bertz CT molecular complexity index is 1340. The third kappa shape index (κ3) is 2.04. The predicted octanol–water partition coefficient (Wildman–Crippen LogP) is 3.62. The number of nitrogens with zero attached hydrogens (tertiary/aromatic N) is 2. The van der Waals surface area contributed by atoms with E-state index in [2.05, 4.69) is 19.2 Å². The standard InChI is InChI=1S/C27H25N3O3/c1-25(2)21-15-26-11-6-12-29(26)24(32)27(21,28-23(26)31)14-19-18-13-17(16-7-4-3-5-8-16)9-10-20(18)30(33)22(19)25/h3-5,7-10,13-14,21H,6,11-12,15H2,1-2H3,(H,28,31)/t21?,26?,27-/m0/s1. The van der Waals surface area contributed by atoms with Gasteiger partial charge in [-0.15, -0.1) is 0 Å². The Kier molecular flexibility index (Phi) is 3.32. The number of rotatable bonds is 1. The maximum absolute atomic E-state index is 13.9. The number of carbonyl (C=O) groups is 2. The van der Waals surface area contributed by atoms with Gasteiger partial charge in [-0.1, -0.05) is 30.3 Å². The van der Waals surface area contributed by atoms with Crippen LogP contribution < -0.4 is 5.32 Å². The molecule has 2 spiro atoms. The van der Waals surface area contributed by atoms with Gasteiger partial charge in [-0.25, -0.2) is 0 Å². The third-order valence-corrected chi connectivity index (χ3v) is 8.85. The Hall–Kier alpha value is -3.41. The van der Waals surface area contributed by atoms with E-state index in [0.29, 0.717) is 30.8 Å². The molecular weight excluding hydrogens is 414 g/mol. The third-order valence-electron chi connectivity index (χ3n) is 8.85. The number of piperazine rings is 1. The average molecular weight is 440 g/mol. The van der Waals surface area contributed by atoms with Gasteiger partial charge in [0.2, 0.25) is 17.3 Å². The van der Waals surface area contributed by atoms with Crippen LogP contribution in [0.3, 0.4) is 0 Å². The fourth-order valence-corrected chi connectivity index (χ4v) is 7.30. The van der Waals surface area contributed by atoms with Crippen LogP contribution >= 0.6 is 0 Å². The van der Waals surface area contributed by atoms with Crippen molar-refractivity contribution < 1.29 is 14.3 Å². The molecule has 6 heteroatoms. The van der Waals surface area contributed by atoms with Crippen molar-refractivity contribution in [3.05, 3.63) is 65.4 Å². The summed E-state index contributed by atoms with van der Waals surface area (Å²) in [5.74, 6) is -0.217. The molecule has 2 aromatic rings. The molecule has 3 atom stereocenters. The summed E-state index contributed by atoms with van der Waals surface area (Å²) in [5.41, 5.74) is 2.56. The molecule has 6 aliphatic rings. The zero-order valence-corrected chi connectivity index (χ0v) is 18.7. The normalized spacial score (nSPS) is 32.7. The number of benzene rings is 2. The van der Waals surface area contributed by atoms with Crippen LogP contribution in [0.2, 0.25) is 0 Å². The number of fused-ring (bicyclic) bond motifs is 4. The van der Waals surface area contributed by atoms with Gasteiger partial charge in [0.25, 0.3) is 5.91 Å². The highest BCUT2D eigenvalue weighted by atomic mass is 16.5. The fourth-order valence-electron chi connectivity index (χ4n) is 7.30. The van der Waals surface area contributed by atoms with Crippen LogP contribution in [0.4, 0.5) is 5.69 Å². The minimum Gasteiger partial charge on any atom is -0.618 e. The van der Waals surface area contributed by atoms with E-state index in [1.54, 1.807) is 0 Å². The Morgan fingerprint density at radius 3 is 2.67 bits per heavy atom. The van der Waals surface area contributed by atoms with Crippen LogP contribution in [0.25, 0.3) is 16.7 Å². The first-order chi connectivity index (χ1) is 15.8. The first kappa shape index (κ1) is 19.1. The van der Waals surface area contributed by atoms with Crippen molar-refractivity contribution in [3.63, 3.8) is 0 Å². The largest absolute Gasteiger partial charge is 0.618 e. The molecule has 8 rings (SSSR count). The molecule has 2 bridgehead atoms. The van der Waals surface area contributed by atoms with Crippen molar-refractivity contribution in [2.75, 3.05) is 6.54 Å². The molecule has 1 N–H and O–H groups in total. The Balaban J connectivity index is 1.47. The van der Waals surface area contributed by atoms with E-state index in [1.807, 2.05) is 59.5 Å². The number of amides is 2. The summed E-state index contributed by atoms with van der Waals surface area (Å²) < 4.78 is 1.06. The number of hydrogen-bond donors (Lipinski definition) is 1. The van der Waals surface area contributed by atoms with E-state index in [1.165, 1.54) is 0 Å². The first-order valence-electron chi connectivity index (χ1n) is 11.7. The molecule has 4 saturated heterocycles. The Labute approximate surface area is 192 Å². The second-order valence-electron chi connectivity index (χ2n) is 10.7. The van der Waals surface area contributed by atoms with Gasteiger partial charge < -0.3 is 15.4 Å². The topological polar surface area (TPSA) is 75.5 Å². The van der Waals surface area contributed by atoms with Crippen LogP contribution in [0.1, 0.15) is 38.7 Å². The zero-order valence-electron chi connectivity index (χ0n) is 18.7. The second kappa shape index (κ2) is 5.74. The van der Waals surface area contributed by atoms with Gasteiger partial charge in [-0.3, -0.25) is 9.59 Å². The summed E-state index contributed by atoms with van der Waals surface area (Å²) in [6.07, 6.45) is 4.04. The molecule has 4 fully saturated rings. The van der Waals surface area contributed by atoms with Gasteiger partial charge in [0.05, 0.1) is 16.6 Å². The fraction of sp³-hybridized carbons (Fsp3) is 0.370. The molecule has 6 nitrogen and oxygen atoms in total. The van der Waals surface area contributed by atoms with Gasteiger partial charge in [0, 0.05) is 18.5 Å². The molecule has 33 heavy (non-hydrogen) atoms. The number of nitrogens with one attached hydrogen (secondary N) is 1. The summed E-state index contributed by atoms with van der Waals surface area (Å²) in [4.78, 5) is 29.0. The lowest BCUT2D eigenvalue weighted by Gasteiger charge is -2.62. The van der Waals surface area contributed by atoms with Crippen molar-refractivity contribution in [1.29, 1.82) is 0 Å². The Morgan fingerprint density at radius 1 is 1.09 bits per heavy atom. The van der Waals surface area contributed by atoms with Gasteiger partial charge in [-0.05, 0) is 62.4 Å².